The van der Waals surface area contributed by atoms with E-state index >= 15 is 0 Å². The third kappa shape index (κ3) is 2.14. The molecule has 1 spiro atoms. The molecule has 3 aliphatic carbocycles. The van der Waals surface area contributed by atoms with E-state index in [0.29, 0.717) is 0 Å². The Labute approximate surface area is 202 Å². The fourth-order valence-electron chi connectivity index (χ4n) is 6.58. The van der Waals surface area contributed by atoms with E-state index in [9.17, 15) is 0 Å². The van der Waals surface area contributed by atoms with Gasteiger partial charge in [0.2, 0.25) is 0 Å². The normalized spacial score (nSPS) is 16.2. The van der Waals surface area contributed by atoms with Crippen molar-refractivity contribution in [3.05, 3.63) is 123 Å². The smallest absolute Gasteiger partial charge is 0.0726 e. The standard InChI is InChI=1S/C31H20S2/c32-18-13-14-29-23(15-18)24-16-22-21-9-3-6-12-27(21)31(28(22)17-30(24)33-29)25-10-4-1-7-19(25)20-8-2-5-11-26(20)31/h1-12,15-17,32H,13-14H2. The molecule has 0 fully saturated rings. The zero-order chi connectivity index (χ0) is 21.7. The Balaban J connectivity index is 1.56. The second-order valence-electron chi connectivity index (χ2n) is 9.36. The third-order valence-corrected chi connectivity index (χ3v) is 9.42. The summed E-state index contributed by atoms with van der Waals surface area (Å²) in [7, 11) is 0. The van der Waals surface area contributed by atoms with Gasteiger partial charge in [-0.05, 0) is 86.0 Å². The van der Waals surface area contributed by atoms with Crippen molar-refractivity contribution in [2.45, 2.75) is 18.3 Å². The van der Waals surface area contributed by atoms with Gasteiger partial charge in [0.05, 0.1) is 5.41 Å². The third-order valence-electron chi connectivity index (χ3n) is 7.84. The molecule has 4 aromatic carbocycles. The van der Waals surface area contributed by atoms with Crippen LogP contribution in [0.4, 0.5) is 0 Å². The molecule has 2 heteroatoms. The quantitative estimate of drug-likeness (QED) is 0.217. The molecule has 0 nitrogen and oxygen atoms in total. The van der Waals surface area contributed by atoms with Crippen LogP contribution in [0.25, 0.3) is 38.4 Å². The predicted octanol–water partition coefficient (Wildman–Crippen LogP) is 8.46. The van der Waals surface area contributed by atoms with E-state index in [0.717, 1.165) is 12.8 Å². The molecule has 0 radical (unpaired) electrons. The molecule has 0 N–H and O–H groups in total. The molecule has 0 aliphatic heterocycles. The Morgan fingerprint density at radius 3 is 1.85 bits per heavy atom. The van der Waals surface area contributed by atoms with Gasteiger partial charge in [-0.15, -0.1) is 24.0 Å². The number of thiol groups is 1. The number of fused-ring (bicyclic) bond motifs is 13. The van der Waals surface area contributed by atoms with Gasteiger partial charge in [-0.1, -0.05) is 72.8 Å². The molecule has 33 heavy (non-hydrogen) atoms. The molecule has 156 valence electrons. The van der Waals surface area contributed by atoms with Crippen LogP contribution >= 0.6 is 24.0 Å². The molecule has 8 rings (SSSR count). The van der Waals surface area contributed by atoms with Gasteiger partial charge in [-0.2, -0.15) is 0 Å². The van der Waals surface area contributed by atoms with E-state index < -0.39 is 0 Å². The average Bonchev–Trinajstić information content (AvgIpc) is 3.46. The highest BCUT2D eigenvalue weighted by Gasteiger charge is 2.51. The number of hydrogen-bond acceptors (Lipinski definition) is 2. The Kier molecular flexibility index (Phi) is 3.50. The first-order valence-electron chi connectivity index (χ1n) is 11.6. The summed E-state index contributed by atoms with van der Waals surface area (Å²) in [5, 5.41) is 1.38. The molecule has 0 saturated carbocycles. The van der Waals surface area contributed by atoms with Gasteiger partial charge in [0, 0.05) is 15.0 Å². The Hall–Kier alpha value is -3.07. The maximum atomic E-state index is 4.71. The van der Waals surface area contributed by atoms with Crippen molar-refractivity contribution in [2.75, 3.05) is 0 Å². The van der Waals surface area contributed by atoms with Crippen LogP contribution in [0.1, 0.15) is 39.1 Å². The summed E-state index contributed by atoms with van der Waals surface area (Å²) < 4.78 is 1.40. The number of allylic oxidation sites excluding steroid dienone is 1. The lowest BCUT2D eigenvalue weighted by Gasteiger charge is -2.30. The van der Waals surface area contributed by atoms with Crippen LogP contribution in [-0.4, -0.2) is 0 Å². The number of rotatable bonds is 0. The SMILES string of the molecule is SC1=Cc2c(sc3cc4c(cc23)-c2ccccc2C42c3ccccc3-c3ccccc32)CC1. The molecule has 0 amide bonds. The first kappa shape index (κ1) is 18.4. The van der Waals surface area contributed by atoms with Crippen molar-refractivity contribution >= 4 is 40.1 Å². The zero-order valence-electron chi connectivity index (χ0n) is 17.9. The van der Waals surface area contributed by atoms with Crippen LogP contribution in [0, 0.1) is 0 Å². The van der Waals surface area contributed by atoms with Gasteiger partial charge < -0.3 is 0 Å². The lowest BCUT2D eigenvalue weighted by Crippen LogP contribution is -2.25. The number of thiophene rings is 1. The molecule has 3 aliphatic rings. The summed E-state index contributed by atoms with van der Waals surface area (Å²) in [6.45, 7) is 0. The first-order valence-corrected chi connectivity index (χ1v) is 12.8. The lowest BCUT2D eigenvalue weighted by molar-refractivity contribution is 0.795. The Morgan fingerprint density at radius 1 is 0.636 bits per heavy atom. The van der Waals surface area contributed by atoms with E-state index in [1.54, 1.807) is 0 Å². The fourth-order valence-corrected chi connectivity index (χ4v) is 8.02. The van der Waals surface area contributed by atoms with Crippen LogP contribution in [0.5, 0.6) is 0 Å². The highest BCUT2D eigenvalue weighted by molar-refractivity contribution is 7.84. The minimum atomic E-state index is -0.248. The molecule has 0 saturated heterocycles. The summed E-state index contributed by atoms with van der Waals surface area (Å²) in [5.74, 6) is 0. The molecule has 0 unspecified atom stereocenters. The Bertz CT molecular complexity index is 1640. The summed E-state index contributed by atoms with van der Waals surface area (Å²) in [5.41, 5.74) is 12.3. The topological polar surface area (TPSA) is 0 Å². The van der Waals surface area contributed by atoms with E-state index in [2.05, 4.69) is 91.0 Å². The van der Waals surface area contributed by atoms with Crippen molar-refractivity contribution in [1.29, 1.82) is 0 Å². The summed E-state index contributed by atoms with van der Waals surface area (Å²) >= 11 is 6.68. The number of benzene rings is 4. The van der Waals surface area contributed by atoms with Crippen LogP contribution in [0.3, 0.4) is 0 Å². The van der Waals surface area contributed by atoms with Crippen molar-refractivity contribution in [3.8, 4) is 22.3 Å². The van der Waals surface area contributed by atoms with Gasteiger partial charge in [-0.25, -0.2) is 0 Å². The minimum Gasteiger partial charge on any atom is -0.148 e. The number of aryl methyl sites for hydroxylation is 1. The van der Waals surface area contributed by atoms with Gasteiger partial charge >= 0.3 is 0 Å². The van der Waals surface area contributed by atoms with Crippen molar-refractivity contribution < 1.29 is 0 Å². The number of hydrogen-bond donors (Lipinski definition) is 1. The van der Waals surface area contributed by atoms with E-state index in [1.807, 2.05) is 11.3 Å². The molecule has 5 aromatic rings. The second kappa shape index (κ2) is 6.28. The van der Waals surface area contributed by atoms with Gasteiger partial charge in [-0.3, -0.25) is 0 Å². The van der Waals surface area contributed by atoms with Gasteiger partial charge in [0.1, 0.15) is 0 Å². The molecular formula is C31H20S2. The van der Waals surface area contributed by atoms with Gasteiger partial charge in [0.25, 0.3) is 0 Å². The predicted molar refractivity (Wildman–Crippen MR) is 143 cm³/mol. The minimum absolute atomic E-state index is 0.248. The average molecular weight is 457 g/mol. The molecule has 0 atom stereocenters. The summed E-state index contributed by atoms with van der Waals surface area (Å²) in [4.78, 5) is 2.69. The monoisotopic (exact) mass is 456 g/mol. The fraction of sp³-hybridized carbons (Fsp3) is 0.0968. The van der Waals surface area contributed by atoms with Crippen LogP contribution < -0.4 is 0 Å². The van der Waals surface area contributed by atoms with Crippen molar-refractivity contribution in [1.82, 2.24) is 0 Å². The van der Waals surface area contributed by atoms with E-state index in [4.69, 9.17) is 12.6 Å². The van der Waals surface area contributed by atoms with Crippen LogP contribution in [0.15, 0.2) is 89.8 Å². The lowest BCUT2D eigenvalue weighted by atomic mass is 9.70. The largest absolute Gasteiger partial charge is 0.148 e. The van der Waals surface area contributed by atoms with Crippen LogP contribution in [-0.2, 0) is 11.8 Å². The summed E-state index contributed by atoms with van der Waals surface area (Å²) in [6, 6.07) is 32.1. The van der Waals surface area contributed by atoms with Crippen molar-refractivity contribution in [3.63, 3.8) is 0 Å². The van der Waals surface area contributed by atoms with Gasteiger partial charge in [0.15, 0.2) is 0 Å². The maximum absolute atomic E-state index is 4.71. The second-order valence-corrected chi connectivity index (χ2v) is 11.1. The highest BCUT2D eigenvalue weighted by Crippen LogP contribution is 2.63. The first-order chi connectivity index (χ1) is 16.3. The summed E-state index contributed by atoms with van der Waals surface area (Å²) in [6.07, 6.45) is 4.45. The zero-order valence-corrected chi connectivity index (χ0v) is 19.6. The maximum Gasteiger partial charge on any atom is 0.0726 e. The van der Waals surface area contributed by atoms with Crippen molar-refractivity contribution in [2.24, 2.45) is 0 Å². The molecule has 1 heterocycles. The molecule has 0 bridgehead atoms. The van der Waals surface area contributed by atoms with Crippen LogP contribution in [0.2, 0.25) is 0 Å². The molecule has 1 aromatic heterocycles. The van der Waals surface area contributed by atoms with E-state index in [1.165, 1.54) is 69.9 Å². The van der Waals surface area contributed by atoms with E-state index in [-0.39, 0.29) is 5.41 Å². The Morgan fingerprint density at radius 2 is 1.21 bits per heavy atom. The highest BCUT2D eigenvalue weighted by atomic mass is 32.1. The molecular weight excluding hydrogens is 436 g/mol.